The van der Waals surface area contributed by atoms with Gasteiger partial charge in [-0.15, -0.1) is 10.2 Å². The van der Waals surface area contributed by atoms with Crippen molar-refractivity contribution in [2.75, 3.05) is 0 Å². The Morgan fingerprint density at radius 2 is 1.87 bits per heavy atom. The summed E-state index contributed by atoms with van der Waals surface area (Å²) in [5.74, 6) is 1.70. The number of benzene rings is 1. The summed E-state index contributed by atoms with van der Waals surface area (Å²) in [6.45, 7) is 5.83. The van der Waals surface area contributed by atoms with Crippen molar-refractivity contribution in [2.45, 2.75) is 37.8 Å². The zero-order valence-electron chi connectivity index (χ0n) is 13.1. The van der Waals surface area contributed by atoms with Crippen LogP contribution in [0.2, 0.25) is 5.02 Å². The monoisotopic (exact) mass is 347 g/mol. The molecule has 0 atom stereocenters. The predicted molar refractivity (Wildman–Crippen MR) is 93.6 cm³/mol. The Bertz CT molecular complexity index is 778. The van der Waals surface area contributed by atoms with Crippen LogP contribution in [-0.2, 0) is 18.8 Å². The maximum Gasteiger partial charge on any atom is 0.191 e. The van der Waals surface area contributed by atoms with Gasteiger partial charge in [0.15, 0.2) is 11.0 Å². The minimum atomic E-state index is 0.755. The van der Waals surface area contributed by atoms with Gasteiger partial charge in [0.2, 0.25) is 0 Å². The van der Waals surface area contributed by atoms with Crippen LogP contribution in [0, 0.1) is 0 Å². The van der Waals surface area contributed by atoms with Gasteiger partial charge in [0.1, 0.15) is 0 Å². The van der Waals surface area contributed by atoms with Gasteiger partial charge in [-0.3, -0.25) is 4.68 Å². The Labute approximate surface area is 144 Å². The van der Waals surface area contributed by atoms with Gasteiger partial charge in [-0.1, -0.05) is 35.5 Å². The molecule has 120 valence electrons. The van der Waals surface area contributed by atoms with Crippen LogP contribution in [-0.4, -0.2) is 24.5 Å². The summed E-state index contributed by atoms with van der Waals surface area (Å²) in [4.78, 5) is 0. The SMILES string of the molecule is CCn1cc(-c2nnc(SCc3ccc(Cl)cc3)n2CC)cn1. The average Bonchev–Trinajstić information content (AvgIpc) is 3.20. The van der Waals surface area contributed by atoms with Crippen LogP contribution in [0.1, 0.15) is 19.4 Å². The van der Waals surface area contributed by atoms with E-state index >= 15 is 0 Å². The lowest BCUT2D eigenvalue weighted by atomic mass is 10.2. The smallest absolute Gasteiger partial charge is 0.191 e. The Morgan fingerprint density at radius 1 is 1.09 bits per heavy atom. The second-order valence-corrected chi connectivity index (χ2v) is 6.43. The third-order valence-electron chi connectivity index (χ3n) is 3.53. The van der Waals surface area contributed by atoms with E-state index in [4.69, 9.17) is 11.6 Å². The number of rotatable bonds is 6. The van der Waals surface area contributed by atoms with Crippen LogP contribution >= 0.6 is 23.4 Å². The molecule has 0 N–H and O–H groups in total. The molecular weight excluding hydrogens is 330 g/mol. The molecule has 0 amide bonds. The van der Waals surface area contributed by atoms with Gasteiger partial charge >= 0.3 is 0 Å². The molecule has 3 aromatic rings. The second-order valence-electron chi connectivity index (χ2n) is 5.05. The Morgan fingerprint density at radius 3 is 2.52 bits per heavy atom. The lowest BCUT2D eigenvalue weighted by molar-refractivity contribution is 0.659. The van der Waals surface area contributed by atoms with Crippen molar-refractivity contribution in [3.05, 3.63) is 47.2 Å². The Balaban J connectivity index is 1.79. The van der Waals surface area contributed by atoms with Crippen LogP contribution < -0.4 is 0 Å². The van der Waals surface area contributed by atoms with Crippen molar-refractivity contribution >= 4 is 23.4 Å². The van der Waals surface area contributed by atoms with Crippen LogP contribution in [0.25, 0.3) is 11.4 Å². The minimum Gasteiger partial charge on any atom is -0.302 e. The molecule has 2 heterocycles. The fourth-order valence-corrected chi connectivity index (χ4v) is 3.36. The van der Waals surface area contributed by atoms with Crippen molar-refractivity contribution in [1.82, 2.24) is 24.5 Å². The molecule has 3 rings (SSSR count). The minimum absolute atomic E-state index is 0.755. The summed E-state index contributed by atoms with van der Waals surface area (Å²) in [6.07, 6.45) is 3.84. The number of thioether (sulfide) groups is 1. The topological polar surface area (TPSA) is 48.5 Å². The molecule has 1 aromatic carbocycles. The molecular formula is C16H18ClN5S. The van der Waals surface area contributed by atoms with Crippen molar-refractivity contribution in [2.24, 2.45) is 0 Å². The molecule has 5 nitrogen and oxygen atoms in total. The van der Waals surface area contributed by atoms with Gasteiger partial charge in [0, 0.05) is 30.1 Å². The Hall–Kier alpha value is -1.79. The van der Waals surface area contributed by atoms with E-state index in [0.29, 0.717) is 0 Å². The lowest BCUT2D eigenvalue weighted by Crippen LogP contribution is -1.99. The number of halogens is 1. The summed E-state index contributed by atoms with van der Waals surface area (Å²) in [5.41, 5.74) is 2.21. The van der Waals surface area contributed by atoms with Crippen molar-refractivity contribution in [3.8, 4) is 11.4 Å². The molecule has 0 aliphatic carbocycles. The van der Waals surface area contributed by atoms with E-state index in [1.807, 2.05) is 41.3 Å². The highest BCUT2D eigenvalue weighted by molar-refractivity contribution is 7.98. The number of hydrogen-bond donors (Lipinski definition) is 0. The van der Waals surface area contributed by atoms with E-state index in [1.54, 1.807) is 11.8 Å². The maximum atomic E-state index is 5.92. The molecule has 0 saturated carbocycles. The highest BCUT2D eigenvalue weighted by Gasteiger charge is 2.14. The van der Waals surface area contributed by atoms with Crippen LogP contribution in [0.5, 0.6) is 0 Å². The lowest BCUT2D eigenvalue weighted by Gasteiger charge is -2.06. The van der Waals surface area contributed by atoms with E-state index in [0.717, 1.165) is 40.4 Å². The van der Waals surface area contributed by atoms with Crippen LogP contribution in [0.4, 0.5) is 0 Å². The summed E-state index contributed by atoms with van der Waals surface area (Å²) in [6, 6.07) is 7.89. The number of hydrogen-bond acceptors (Lipinski definition) is 4. The first-order chi connectivity index (χ1) is 11.2. The van der Waals surface area contributed by atoms with Crippen molar-refractivity contribution in [3.63, 3.8) is 0 Å². The van der Waals surface area contributed by atoms with Crippen molar-refractivity contribution in [1.29, 1.82) is 0 Å². The molecule has 0 bridgehead atoms. The van der Waals surface area contributed by atoms with Gasteiger partial charge < -0.3 is 4.57 Å². The quantitative estimate of drug-likeness (QED) is 0.629. The normalized spacial score (nSPS) is 11.1. The van der Waals surface area contributed by atoms with E-state index in [1.165, 1.54) is 5.56 Å². The molecule has 2 aromatic heterocycles. The summed E-state index contributed by atoms with van der Waals surface area (Å²) in [5, 5.41) is 14.7. The molecule has 0 fully saturated rings. The highest BCUT2D eigenvalue weighted by atomic mass is 35.5. The van der Waals surface area contributed by atoms with E-state index < -0.39 is 0 Å². The first-order valence-electron chi connectivity index (χ1n) is 7.54. The van der Waals surface area contributed by atoms with E-state index in [9.17, 15) is 0 Å². The molecule has 7 heteroatoms. The van der Waals surface area contributed by atoms with Gasteiger partial charge in [0.25, 0.3) is 0 Å². The zero-order chi connectivity index (χ0) is 16.2. The first-order valence-corrected chi connectivity index (χ1v) is 8.91. The first kappa shape index (κ1) is 16.1. The zero-order valence-corrected chi connectivity index (χ0v) is 14.7. The standard InChI is InChI=1S/C16H18ClN5S/c1-3-21-10-13(9-18-21)15-19-20-16(22(15)4-2)23-11-12-5-7-14(17)8-6-12/h5-10H,3-4,11H2,1-2H3. The molecule has 0 spiro atoms. The third-order valence-corrected chi connectivity index (χ3v) is 4.82. The molecule has 23 heavy (non-hydrogen) atoms. The highest BCUT2D eigenvalue weighted by Crippen LogP contribution is 2.26. The average molecular weight is 348 g/mol. The molecule has 0 unspecified atom stereocenters. The van der Waals surface area contributed by atoms with Crippen LogP contribution in [0.15, 0.2) is 41.8 Å². The second kappa shape index (κ2) is 7.19. The number of aromatic nitrogens is 5. The fraction of sp³-hybridized carbons (Fsp3) is 0.312. The molecule has 0 aliphatic heterocycles. The maximum absolute atomic E-state index is 5.92. The third kappa shape index (κ3) is 3.59. The number of aryl methyl sites for hydroxylation is 1. The van der Waals surface area contributed by atoms with Gasteiger partial charge in [-0.2, -0.15) is 5.10 Å². The number of nitrogens with zero attached hydrogens (tertiary/aromatic N) is 5. The van der Waals surface area contributed by atoms with E-state index in [-0.39, 0.29) is 0 Å². The van der Waals surface area contributed by atoms with Gasteiger partial charge in [0.05, 0.1) is 11.8 Å². The van der Waals surface area contributed by atoms with Gasteiger partial charge in [-0.05, 0) is 31.5 Å². The summed E-state index contributed by atoms with van der Waals surface area (Å²) >= 11 is 7.60. The van der Waals surface area contributed by atoms with E-state index in [2.05, 4.69) is 33.7 Å². The fourth-order valence-electron chi connectivity index (χ4n) is 2.27. The molecule has 0 aliphatic rings. The van der Waals surface area contributed by atoms with Crippen LogP contribution in [0.3, 0.4) is 0 Å². The summed E-state index contributed by atoms with van der Waals surface area (Å²) < 4.78 is 4.02. The van der Waals surface area contributed by atoms with Crippen molar-refractivity contribution < 1.29 is 0 Å². The molecule has 0 radical (unpaired) electrons. The predicted octanol–water partition coefficient (Wildman–Crippen LogP) is 4.13. The van der Waals surface area contributed by atoms with Gasteiger partial charge in [-0.25, -0.2) is 0 Å². The largest absolute Gasteiger partial charge is 0.302 e. The summed E-state index contributed by atoms with van der Waals surface area (Å²) in [7, 11) is 0. The Kier molecular flexibility index (Phi) is 5.03. The molecule has 0 saturated heterocycles.